The van der Waals surface area contributed by atoms with Crippen molar-refractivity contribution < 1.29 is 14.4 Å². The number of nitro groups is 1. The number of aliphatic hydroxyl groups is 1. The first-order valence-corrected chi connectivity index (χ1v) is 6.05. The van der Waals surface area contributed by atoms with E-state index in [1.807, 2.05) is 0 Å². The third-order valence-electron chi connectivity index (χ3n) is 3.58. The van der Waals surface area contributed by atoms with Gasteiger partial charge in [-0.3, -0.25) is 14.7 Å². The van der Waals surface area contributed by atoms with Gasteiger partial charge in [0.25, 0.3) is 5.69 Å². The summed E-state index contributed by atoms with van der Waals surface area (Å²) < 4.78 is 6.40. The van der Waals surface area contributed by atoms with Crippen LogP contribution in [0.5, 0.6) is 0 Å². The standard InChI is InChI=1S/C12H12N2O5/c15-10-3-1-2-8(10)13-9-6-7(14(17)18)4-5-11(9)19-12(13)16/h4-6,8,10,15H,1-3H2/t8-,10-/m1/s1. The second kappa shape index (κ2) is 4.20. The first-order valence-electron chi connectivity index (χ1n) is 6.05. The summed E-state index contributed by atoms with van der Waals surface area (Å²) in [6.07, 6.45) is 1.49. The van der Waals surface area contributed by atoms with E-state index in [9.17, 15) is 20.0 Å². The molecule has 0 bridgehead atoms. The van der Waals surface area contributed by atoms with E-state index >= 15 is 0 Å². The van der Waals surface area contributed by atoms with Gasteiger partial charge in [-0.25, -0.2) is 4.79 Å². The molecule has 0 aliphatic heterocycles. The maximum absolute atomic E-state index is 11.9. The van der Waals surface area contributed by atoms with Crippen LogP contribution in [0.2, 0.25) is 0 Å². The fourth-order valence-corrected chi connectivity index (χ4v) is 2.67. The predicted molar refractivity (Wildman–Crippen MR) is 66.0 cm³/mol. The molecule has 0 radical (unpaired) electrons. The summed E-state index contributed by atoms with van der Waals surface area (Å²) in [5, 5.41) is 20.7. The molecule has 1 aromatic heterocycles. The molecule has 2 aromatic rings. The van der Waals surface area contributed by atoms with E-state index in [2.05, 4.69) is 0 Å². The van der Waals surface area contributed by atoms with Crippen molar-refractivity contribution in [2.24, 2.45) is 0 Å². The number of non-ortho nitro benzene ring substituents is 1. The Labute approximate surface area is 107 Å². The van der Waals surface area contributed by atoms with Crippen LogP contribution in [0.15, 0.2) is 27.4 Å². The van der Waals surface area contributed by atoms with Crippen LogP contribution in [0, 0.1) is 10.1 Å². The summed E-state index contributed by atoms with van der Waals surface area (Å²) in [5.74, 6) is -0.582. The fourth-order valence-electron chi connectivity index (χ4n) is 2.67. The summed E-state index contributed by atoms with van der Waals surface area (Å²) >= 11 is 0. The molecule has 1 fully saturated rings. The van der Waals surface area contributed by atoms with Crippen molar-refractivity contribution in [1.82, 2.24) is 4.57 Å². The number of nitro benzene ring substituents is 1. The fraction of sp³-hybridized carbons (Fsp3) is 0.417. The first-order chi connectivity index (χ1) is 9.08. The molecule has 1 aliphatic rings. The molecule has 0 unspecified atom stereocenters. The Bertz CT molecular complexity index is 702. The zero-order valence-electron chi connectivity index (χ0n) is 9.98. The minimum Gasteiger partial charge on any atom is -0.408 e. The Morgan fingerprint density at radius 1 is 1.42 bits per heavy atom. The molecule has 1 aliphatic carbocycles. The first kappa shape index (κ1) is 11.9. The van der Waals surface area contributed by atoms with Crippen molar-refractivity contribution in [3.8, 4) is 0 Å². The predicted octanol–water partition coefficient (Wildman–Crippen LogP) is 1.59. The Morgan fingerprint density at radius 3 is 2.84 bits per heavy atom. The monoisotopic (exact) mass is 264 g/mol. The number of benzene rings is 1. The number of aliphatic hydroxyl groups excluding tert-OH is 1. The molecule has 1 heterocycles. The van der Waals surface area contributed by atoms with Gasteiger partial charge in [-0.15, -0.1) is 0 Å². The second-order valence-corrected chi connectivity index (χ2v) is 4.71. The van der Waals surface area contributed by atoms with Crippen LogP contribution in [0.25, 0.3) is 11.1 Å². The van der Waals surface area contributed by atoms with Crippen LogP contribution in [-0.2, 0) is 0 Å². The third kappa shape index (κ3) is 1.82. The minimum atomic E-state index is -0.613. The van der Waals surface area contributed by atoms with Crippen LogP contribution in [0.4, 0.5) is 5.69 Å². The highest BCUT2D eigenvalue weighted by molar-refractivity contribution is 5.76. The molecule has 1 saturated carbocycles. The molecule has 2 atom stereocenters. The van der Waals surface area contributed by atoms with E-state index in [-0.39, 0.29) is 11.7 Å². The van der Waals surface area contributed by atoms with Gasteiger partial charge < -0.3 is 9.52 Å². The van der Waals surface area contributed by atoms with Crippen molar-refractivity contribution in [2.75, 3.05) is 0 Å². The van der Waals surface area contributed by atoms with Gasteiger partial charge in [-0.05, 0) is 25.3 Å². The molecule has 7 nitrogen and oxygen atoms in total. The van der Waals surface area contributed by atoms with E-state index in [0.29, 0.717) is 23.9 Å². The maximum Gasteiger partial charge on any atom is 0.420 e. The lowest BCUT2D eigenvalue weighted by molar-refractivity contribution is -0.384. The number of rotatable bonds is 2. The number of hydrogen-bond donors (Lipinski definition) is 1. The quantitative estimate of drug-likeness (QED) is 0.656. The van der Waals surface area contributed by atoms with Gasteiger partial charge in [0.2, 0.25) is 0 Å². The Balaban J connectivity index is 2.22. The topological polar surface area (TPSA) is 98.5 Å². The molecule has 7 heteroatoms. The molecule has 1 N–H and O–H groups in total. The van der Waals surface area contributed by atoms with E-state index in [1.165, 1.54) is 22.8 Å². The van der Waals surface area contributed by atoms with Crippen molar-refractivity contribution in [3.05, 3.63) is 38.9 Å². The van der Waals surface area contributed by atoms with Gasteiger partial charge in [-0.1, -0.05) is 0 Å². The highest BCUT2D eigenvalue weighted by Crippen LogP contribution is 2.32. The zero-order chi connectivity index (χ0) is 13.6. The number of aromatic nitrogens is 1. The number of oxazole rings is 1. The van der Waals surface area contributed by atoms with Crippen LogP contribution in [-0.4, -0.2) is 20.7 Å². The number of fused-ring (bicyclic) bond motifs is 1. The van der Waals surface area contributed by atoms with E-state index < -0.39 is 16.8 Å². The zero-order valence-corrected chi connectivity index (χ0v) is 9.98. The minimum absolute atomic E-state index is 0.102. The maximum atomic E-state index is 11.9. The Hall–Kier alpha value is -2.15. The average Bonchev–Trinajstić information content (AvgIpc) is 2.90. The molecule has 0 saturated heterocycles. The second-order valence-electron chi connectivity index (χ2n) is 4.71. The molecule has 0 spiro atoms. The third-order valence-corrected chi connectivity index (χ3v) is 3.58. The summed E-state index contributed by atoms with van der Waals surface area (Å²) in [7, 11) is 0. The number of nitrogens with zero attached hydrogens (tertiary/aromatic N) is 2. The summed E-state index contributed by atoms with van der Waals surface area (Å²) in [4.78, 5) is 22.1. The molecule has 1 aromatic carbocycles. The lowest BCUT2D eigenvalue weighted by Crippen LogP contribution is -2.26. The number of hydrogen-bond acceptors (Lipinski definition) is 5. The Kier molecular flexibility index (Phi) is 2.63. The summed E-state index contributed by atoms with van der Waals surface area (Å²) in [6.45, 7) is 0. The summed E-state index contributed by atoms with van der Waals surface area (Å²) in [5.41, 5.74) is 0.564. The van der Waals surface area contributed by atoms with Crippen molar-refractivity contribution >= 4 is 16.8 Å². The highest BCUT2D eigenvalue weighted by atomic mass is 16.6. The molecule has 3 rings (SSSR count). The van der Waals surface area contributed by atoms with E-state index in [4.69, 9.17) is 4.42 Å². The highest BCUT2D eigenvalue weighted by Gasteiger charge is 2.30. The van der Waals surface area contributed by atoms with Gasteiger partial charge >= 0.3 is 5.76 Å². The SMILES string of the molecule is O=c1oc2ccc([N+](=O)[O-])cc2n1[C@@H]1CCC[C@H]1O. The average molecular weight is 264 g/mol. The van der Waals surface area contributed by atoms with Crippen LogP contribution < -0.4 is 5.76 Å². The van der Waals surface area contributed by atoms with Gasteiger partial charge in [0.15, 0.2) is 5.58 Å². The van der Waals surface area contributed by atoms with Gasteiger partial charge in [0.05, 0.1) is 22.6 Å². The van der Waals surface area contributed by atoms with Crippen molar-refractivity contribution in [1.29, 1.82) is 0 Å². The molecule has 0 amide bonds. The Morgan fingerprint density at radius 2 is 2.21 bits per heavy atom. The lowest BCUT2D eigenvalue weighted by atomic mass is 10.2. The van der Waals surface area contributed by atoms with Crippen molar-refractivity contribution in [3.63, 3.8) is 0 Å². The lowest BCUT2D eigenvalue weighted by Gasteiger charge is -2.14. The van der Waals surface area contributed by atoms with Gasteiger partial charge in [-0.2, -0.15) is 0 Å². The molecule has 100 valence electrons. The molecular formula is C12H12N2O5. The van der Waals surface area contributed by atoms with E-state index in [0.717, 1.165) is 6.42 Å². The van der Waals surface area contributed by atoms with Crippen LogP contribution in [0.1, 0.15) is 25.3 Å². The van der Waals surface area contributed by atoms with Gasteiger partial charge in [0.1, 0.15) is 0 Å². The molecular weight excluding hydrogens is 252 g/mol. The van der Waals surface area contributed by atoms with Crippen LogP contribution in [0.3, 0.4) is 0 Å². The molecule has 19 heavy (non-hydrogen) atoms. The van der Waals surface area contributed by atoms with Crippen molar-refractivity contribution in [2.45, 2.75) is 31.4 Å². The normalized spacial score (nSPS) is 23.0. The largest absolute Gasteiger partial charge is 0.420 e. The van der Waals surface area contributed by atoms with E-state index in [1.54, 1.807) is 0 Å². The smallest absolute Gasteiger partial charge is 0.408 e. The van der Waals surface area contributed by atoms with Gasteiger partial charge in [0, 0.05) is 12.1 Å². The summed E-state index contributed by atoms with van der Waals surface area (Å²) in [6, 6.07) is 3.65. The van der Waals surface area contributed by atoms with Crippen LogP contribution >= 0.6 is 0 Å².